The third kappa shape index (κ3) is 2.65. The van der Waals surface area contributed by atoms with Crippen molar-refractivity contribution in [3.63, 3.8) is 0 Å². The molecule has 24 heavy (non-hydrogen) atoms. The zero-order valence-corrected chi connectivity index (χ0v) is 13.9. The molecular weight excluding hydrogens is 336 g/mol. The molecule has 2 aliphatic rings. The van der Waals surface area contributed by atoms with E-state index >= 15 is 0 Å². The summed E-state index contributed by atoms with van der Waals surface area (Å²) < 4.78 is 36.7. The summed E-state index contributed by atoms with van der Waals surface area (Å²) in [6.07, 6.45) is 2.42. The number of carbonyl (C=O) groups excluding carboxylic acids is 2. The number of hydrogen-bond acceptors (Lipinski definition) is 6. The lowest BCUT2D eigenvalue weighted by Crippen LogP contribution is -2.41. The summed E-state index contributed by atoms with van der Waals surface area (Å²) >= 11 is 0. The van der Waals surface area contributed by atoms with E-state index in [1.54, 1.807) is 13.0 Å². The van der Waals surface area contributed by atoms with Gasteiger partial charge in [-0.25, -0.2) is 13.2 Å². The van der Waals surface area contributed by atoms with Crippen molar-refractivity contribution in [2.24, 2.45) is 0 Å². The van der Waals surface area contributed by atoms with Crippen LogP contribution in [0, 0.1) is 0 Å². The Morgan fingerprint density at radius 1 is 1.42 bits per heavy atom. The molecule has 0 aromatic heterocycles. The van der Waals surface area contributed by atoms with E-state index in [1.165, 1.54) is 31.4 Å². The predicted molar refractivity (Wildman–Crippen MR) is 84.0 cm³/mol. The zero-order valence-electron chi connectivity index (χ0n) is 13.1. The van der Waals surface area contributed by atoms with Crippen LogP contribution in [0.5, 0.6) is 5.75 Å². The number of carbonyl (C=O) groups is 2. The van der Waals surface area contributed by atoms with Gasteiger partial charge in [0, 0.05) is 6.54 Å². The molecule has 0 saturated heterocycles. The lowest BCUT2D eigenvalue weighted by atomic mass is 10.2. The van der Waals surface area contributed by atoms with Crippen molar-refractivity contribution in [1.82, 2.24) is 4.31 Å². The molecule has 0 fully saturated rings. The number of anilines is 1. The van der Waals surface area contributed by atoms with Crippen LogP contribution in [0.1, 0.15) is 6.92 Å². The Balaban J connectivity index is 1.95. The molecule has 1 aromatic rings. The Kier molecular flexibility index (Phi) is 4.06. The topological polar surface area (TPSA) is 102 Å². The molecule has 0 aliphatic carbocycles. The van der Waals surface area contributed by atoms with Crippen molar-refractivity contribution >= 4 is 27.6 Å². The van der Waals surface area contributed by atoms with Crippen LogP contribution in [-0.2, 0) is 24.3 Å². The molecule has 1 amide bonds. The maximum atomic E-state index is 12.8. The molecule has 8 nitrogen and oxygen atoms in total. The van der Waals surface area contributed by atoms with Crippen LogP contribution in [0.25, 0.3) is 0 Å². The van der Waals surface area contributed by atoms with Gasteiger partial charge in [0.05, 0.1) is 17.7 Å². The third-order valence-corrected chi connectivity index (χ3v) is 5.69. The maximum Gasteiger partial charge on any atom is 0.328 e. The van der Waals surface area contributed by atoms with Gasteiger partial charge < -0.3 is 14.8 Å². The van der Waals surface area contributed by atoms with Gasteiger partial charge >= 0.3 is 5.97 Å². The van der Waals surface area contributed by atoms with Gasteiger partial charge in [-0.3, -0.25) is 4.79 Å². The van der Waals surface area contributed by atoms with Crippen molar-refractivity contribution in [3.05, 3.63) is 30.4 Å². The Hall–Kier alpha value is -2.39. The van der Waals surface area contributed by atoms with Crippen molar-refractivity contribution in [2.45, 2.75) is 24.0 Å². The molecule has 3 rings (SSSR count). The van der Waals surface area contributed by atoms with Gasteiger partial charge in [-0.05, 0) is 25.1 Å². The summed E-state index contributed by atoms with van der Waals surface area (Å²) in [5, 5.41) is 2.60. The van der Waals surface area contributed by atoms with E-state index in [1.807, 2.05) is 0 Å². The van der Waals surface area contributed by atoms with Crippen molar-refractivity contribution < 1.29 is 27.5 Å². The molecule has 128 valence electrons. The predicted octanol–water partition coefficient (Wildman–Crippen LogP) is 0.508. The molecule has 9 heteroatoms. The quantitative estimate of drug-likeness (QED) is 0.628. The second-order valence-electron chi connectivity index (χ2n) is 5.38. The minimum absolute atomic E-state index is 0.0442. The van der Waals surface area contributed by atoms with Crippen LogP contribution >= 0.6 is 0 Å². The fourth-order valence-corrected chi connectivity index (χ4v) is 4.07. The summed E-state index contributed by atoms with van der Waals surface area (Å²) in [4.78, 5) is 23.4. The standard InChI is InChI=1S/C15H16N2O6S/c1-9-14(18)16-11-8-10(5-6-13(11)23-9)24(20,21)17-7-3-4-12(17)15(19)22-2/h3-6,8-9,12H,7H2,1-2H3,(H,16,18)/t9-,12-/m0/s1. The summed E-state index contributed by atoms with van der Waals surface area (Å²) in [6.45, 7) is 1.67. The fraction of sp³-hybridized carbons (Fsp3) is 0.333. The van der Waals surface area contributed by atoms with Crippen molar-refractivity contribution in [2.75, 3.05) is 19.0 Å². The number of benzene rings is 1. The minimum Gasteiger partial charge on any atom is -0.479 e. The molecule has 0 saturated carbocycles. The zero-order chi connectivity index (χ0) is 17.5. The average molecular weight is 352 g/mol. The second kappa shape index (κ2) is 5.91. The van der Waals surface area contributed by atoms with Gasteiger partial charge in [0.2, 0.25) is 10.0 Å². The largest absolute Gasteiger partial charge is 0.479 e. The molecule has 1 aromatic carbocycles. The molecule has 2 aliphatic heterocycles. The highest BCUT2D eigenvalue weighted by Crippen LogP contribution is 2.33. The molecule has 0 spiro atoms. The van der Waals surface area contributed by atoms with Gasteiger partial charge in [0.1, 0.15) is 11.8 Å². The average Bonchev–Trinajstić information content (AvgIpc) is 3.05. The van der Waals surface area contributed by atoms with Gasteiger partial charge in [-0.1, -0.05) is 12.2 Å². The number of sulfonamides is 1. The molecule has 2 atom stereocenters. The Morgan fingerprint density at radius 2 is 2.17 bits per heavy atom. The van der Waals surface area contributed by atoms with Crippen LogP contribution in [0.3, 0.4) is 0 Å². The molecule has 0 bridgehead atoms. The number of ether oxygens (including phenoxy) is 2. The van der Waals surface area contributed by atoms with Gasteiger partial charge in [0.25, 0.3) is 5.91 Å². The number of nitrogens with zero attached hydrogens (tertiary/aromatic N) is 1. The van der Waals surface area contributed by atoms with Gasteiger partial charge in [-0.2, -0.15) is 4.31 Å². The first-order valence-corrected chi connectivity index (χ1v) is 8.66. The Labute approximate surface area is 139 Å². The van der Waals surface area contributed by atoms with E-state index in [0.717, 1.165) is 4.31 Å². The highest BCUT2D eigenvalue weighted by molar-refractivity contribution is 7.89. The van der Waals surface area contributed by atoms with Crippen LogP contribution in [0.4, 0.5) is 5.69 Å². The summed E-state index contributed by atoms with van der Waals surface area (Å²) in [7, 11) is -2.74. The van der Waals surface area contributed by atoms with E-state index in [9.17, 15) is 18.0 Å². The Bertz CT molecular complexity index is 832. The summed E-state index contributed by atoms with van der Waals surface area (Å²) in [5.74, 6) is -0.617. The smallest absolute Gasteiger partial charge is 0.328 e. The van der Waals surface area contributed by atoms with E-state index in [-0.39, 0.29) is 23.0 Å². The van der Waals surface area contributed by atoms with Crippen LogP contribution < -0.4 is 10.1 Å². The number of methoxy groups -OCH3 is 1. The van der Waals surface area contributed by atoms with E-state index < -0.39 is 28.1 Å². The third-order valence-electron chi connectivity index (χ3n) is 3.85. The lowest BCUT2D eigenvalue weighted by Gasteiger charge is -2.25. The second-order valence-corrected chi connectivity index (χ2v) is 7.27. The number of esters is 1. The number of hydrogen-bond donors (Lipinski definition) is 1. The number of nitrogens with one attached hydrogen (secondary N) is 1. The molecular formula is C15H16N2O6S. The molecule has 0 radical (unpaired) electrons. The molecule has 1 N–H and O–H groups in total. The van der Waals surface area contributed by atoms with Crippen molar-refractivity contribution in [3.8, 4) is 5.75 Å². The number of rotatable bonds is 3. The van der Waals surface area contributed by atoms with Gasteiger partial charge in [-0.15, -0.1) is 0 Å². The van der Waals surface area contributed by atoms with Crippen LogP contribution in [0.15, 0.2) is 35.2 Å². The minimum atomic E-state index is -3.94. The first-order chi connectivity index (χ1) is 11.3. The Morgan fingerprint density at radius 3 is 2.88 bits per heavy atom. The van der Waals surface area contributed by atoms with Crippen LogP contribution in [-0.4, -0.2) is 50.4 Å². The summed E-state index contributed by atoms with van der Waals surface area (Å²) in [6, 6.07) is 3.18. The SMILES string of the molecule is COC(=O)[C@@H]1C=CCN1S(=O)(=O)c1ccc2c(c1)NC(=O)[C@H](C)O2. The van der Waals surface area contributed by atoms with Gasteiger partial charge in [0.15, 0.2) is 6.10 Å². The number of fused-ring (bicyclic) bond motifs is 1. The first-order valence-electron chi connectivity index (χ1n) is 7.22. The highest BCUT2D eigenvalue weighted by atomic mass is 32.2. The maximum absolute atomic E-state index is 12.8. The lowest BCUT2D eigenvalue weighted by molar-refractivity contribution is -0.143. The fourth-order valence-electron chi connectivity index (χ4n) is 2.55. The molecule has 0 unspecified atom stereocenters. The molecule has 2 heterocycles. The monoisotopic (exact) mass is 352 g/mol. The van der Waals surface area contributed by atoms with Crippen LogP contribution in [0.2, 0.25) is 0 Å². The highest BCUT2D eigenvalue weighted by Gasteiger charge is 2.38. The summed E-state index contributed by atoms with van der Waals surface area (Å²) in [5.41, 5.74) is 0.279. The normalized spacial score (nSPS) is 23.3. The van der Waals surface area contributed by atoms with E-state index in [0.29, 0.717) is 5.75 Å². The van der Waals surface area contributed by atoms with E-state index in [4.69, 9.17) is 4.74 Å². The van der Waals surface area contributed by atoms with Crippen molar-refractivity contribution in [1.29, 1.82) is 0 Å². The first kappa shape index (κ1) is 16.5. The van der Waals surface area contributed by atoms with E-state index in [2.05, 4.69) is 10.1 Å². The number of amides is 1.